The molecule has 0 unspecified atom stereocenters. The first-order valence-corrected chi connectivity index (χ1v) is 7.88. The summed E-state index contributed by atoms with van der Waals surface area (Å²) in [5.41, 5.74) is 0.316. The van der Waals surface area contributed by atoms with Crippen molar-refractivity contribution in [3.8, 4) is 0 Å². The van der Waals surface area contributed by atoms with Crippen LogP contribution in [-0.2, 0) is 0 Å². The molecule has 0 aliphatic rings. The minimum absolute atomic E-state index is 0.0604. The summed E-state index contributed by atoms with van der Waals surface area (Å²) < 4.78 is 0. The Labute approximate surface area is 157 Å². The second kappa shape index (κ2) is 7.89. The zero-order valence-electron chi connectivity index (χ0n) is 13.3. The van der Waals surface area contributed by atoms with E-state index >= 15 is 0 Å². The molecule has 26 heavy (non-hydrogen) atoms. The highest BCUT2D eigenvalue weighted by molar-refractivity contribution is 7.80. The molecule has 2 aromatic rings. The molecule has 0 atom stereocenters. The Balaban J connectivity index is 2.15. The van der Waals surface area contributed by atoms with Gasteiger partial charge in [0.2, 0.25) is 0 Å². The van der Waals surface area contributed by atoms with E-state index in [0.717, 1.165) is 0 Å². The van der Waals surface area contributed by atoms with Crippen LogP contribution in [0.15, 0.2) is 36.4 Å². The van der Waals surface area contributed by atoms with Crippen LogP contribution in [0.2, 0.25) is 5.02 Å². The molecule has 0 saturated heterocycles. The lowest BCUT2D eigenvalue weighted by Gasteiger charge is -2.11. The number of halogens is 1. The Bertz CT molecular complexity index is 932. The van der Waals surface area contributed by atoms with Crippen molar-refractivity contribution in [2.24, 2.45) is 0 Å². The average Bonchev–Trinajstić information content (AvgIpc) is 2.56. The van der Waals surface area contributed by atoms with Gasteiger partial charge < -0.3 is 10.4 Å². The van der Waals surface area contributed by atoms with Crippen LogP contribution in [0, 0.1) is 17.0 Å². The summed E-state index contributed by atoms with van der Waals surface area (Å²) in [6, 6.07) is 8.26. The molecule has 3 N–H and O–H groups in total. The van der Waals surface area contributed by atoms with Crippen LogP contribution in [0.3, 0.4) is 0 Å². The Morgan fingerprint density at radius 1 is 1.23 bits per heavy atom. The molecule has 2 aromatic carbocycles. The molecule has 0 radical (unpaired) electrons. The van der Waals surface area contributed by atoms with E-state index in [2.05, 4.69) is 10.6 Å². The number of nitro groups is 1. The molecule has 8 nitrogen and oxygen atoms in total. The summed E-state index contributed by atoms with van der Waals surface area (Å²) in [7, 11) is 0. The number of nitrogens with zero attached hydrogens (tertiary/aromatic N) is 1. The molecule has 0 heterocycles. The lowest BCUT2D eigenvalue weighted by molar-refractivity contribution is -0.385. The smallest absolute Gasteiger partial charge is 0.337 e. The first-order valence-electron chi connectivity index (χ1n) is 7.10. The van der Waals surface area contributed by atoms with Crippen LogP contribution in [0.25, 0.3) is 0 Å². The summed E-state index contributed by atoms with van der Waals surface area (Å²) in [6.07, 6.45) is 0. The van der Waals surface area contributed by atoms with Gasteiger partial charge in [-0.1, -0.05) is 17.7 Å². The molecule has 0 bridgehead atoms. The number of anilines is 1. The Morgan fingerprint density at radius 3 is 2.54 bits per heavy atom. The standard InChI is InChI=1S/C16H12ClN3O5S/c1-8-10(3-2-4-13(8)20(24)25)14(21)19-16(26)18-9-5-6-12(17)11(7-9)15(22)23/h2-7H,1H3,(H,22,23)(H2,18,19,21,26). The van der Waals surface area contributed by atoms with Gasteiger partial charge in [-0.2, -0.15) is 0 Å². The number of hydrogen-bond acceptors (Lipinski definition) is 5. The maximum atomic E-state index is 12.3. The van der Waals surface area contributed by atoms with Gasteiger partial charge in [-0.05, 0) is 43.4 Å². The van der Waals surface area contributed by atoms with Crippen LogP contribution < -0.4 is 10.6 Å². The number of nitro benzene ring substituents is 1. The number of benzene rings is 2. The lowest BCUT2D eigenvalue weighted by Crippen LogP contribution is -2.34. The number of carbonyl (C=O) groups is 2. The third-order valence-electron chi connectivity index (χ3n) is 3.43. The van der Waals surface area contributed by atoms with E-state index in [1.165, 1.54) is 43.3 Å². The Morgan fingerprint density at radius 2 is 1.92 bits per heavy atom. The number of carboxylic acid groups (broad SMARTS) is 1. The lowest BCUT2D eigenvalue weighted by atomic mass is 10.1. The van der Waals surface area contributed by atoms with Gasteiger partial charge >= 0.3 is 5.97 Å². The van der Waals surface area contributed by atoms with Gasteiger partial charge in [-0.15, -0.1) is 0 Å². The van der Waals surface area contributed by atoms with Gasteiger partial charge in [0.15, 0.2) is 5.11 Å². The minimum Gasteiger partial charge on any atom is -0.478 e. The molecule has 10 heteroatoms. The number of nitrogens with one attached hydrogen (secondary N) is 2. The fourth-order valence-electron chi connectivity index (χ4n) is 2.17. The largest absolute Gasteiger partial charge is 0.478 e. The highest BCUT2D eigenvalue weighted by atomic mass is 35.5. The topological polar surface area (TPSA) is 122 Å². The van der Waals surface area contributed by atoms with Crippen LogP contribution in [0.4, 0.5) is 11.4 Å². The van der Waals surface area contributed by atoms with E-state index in [4.69, 9.17) is 28.9 Å². The highest BCUT2D eigenvalue weighted by Crippen LogP contribution is 2.22. The van der Waals surface area contributed by atoms with Crippen molar-refractivity contribution in [2.45, 2.75) is 6.92 Å². The predicted molar refractivity (Wildman–Crippen MR) is 99.9 cm³/mol. The number of thiocarbonyl (C=S) groups is 1. The molecule has 0 aromatic heterocycles. The first-order chi connectivity index (χ1) is 12.2. The van der Waals surface area contributed by atoms with E-state index in [-0.39, 0.29) is 32.5 Å². The molecule has 1 amide bonds. The van der Waals surface area contributed by atoms with Crippen LogP contribution >= 0.6 is 23.8 Å². The third kappa shape index (κ3) is 4.32. The molecule has 134 valence electrons. The maximum Gasteiger partial charge on any atom is 0.337 e. The molecule has 0 saturated carbocycles. The molecule has 2 rings (SSSR count). The van der Waals surface area contributed by atoms with Crippen molar-refractivity contribution in [1.29, 1.82) is 0 Å². The fraction of sp³-hybridized carbons (Fsp3) is 0.0625. The van der Waals surface area contributed by atoms with E-state index in [0.29, 0.717) is 5.69 Å². The summed E-state index contributed by atoms with van der Waals surface area (Å²) >= 11 is 10.8. The van der Waals surface area contributed by atoms with E-state index in [1.54, 1.807) is 0 Å². The number of aromatic carboxylic acids is 1. The zero-order chi connectivity index (χ0) is 19.4. The van der Waals surface area contributed by atoms with Gasteiger partial charge in [0.05, 0.1) is 15.5 Å². The SMILES string of the molecule is Cc1c(C(=O)NC(=S)Nc2ccc(Cl)c(C(=O)O)c2)cccc1[N+](=O)[O-]. The number of amides is 1. The fourth-order valence-corrected chi connectivity index (χ4v) is 2.58. The molecule has 0 spiro atoms. The summed E-state index contributed by atoms with van der Waals surface area (Å²) in [5.74, 6) is -1.84. The van der Waals surface area contributed by atoms with Gasteiger partial charge in [0.25, 0.3) is 11.6 Å². The molecule has 0 fully saturated rings. The number of hydrogen-bond donors (Lipinski definition) is 3. The van der Waals surface area contributed by atoms with Crippen LogP contribution in [0.1, 0.15) is 26.3 Å². The molecular weight excluding hydrogens is 382 g/mol. The van der Waals surface area contributed by atoms with E-state index in [1.807, 2.05) is 0 Å². The van der Waals surface area contributed by atoms with Crippen molar-refractivity contribution < 1.29 is 19.6 Å². The quantitative estimate of drug-likeness (QED) is 0.413. The van der Waals surface area contributed by atoms with Crippen LogP contribution in [0.5, 0.6) is 0 Å². The third-order valence-corrected chi connectivity index (χ3v) is 3.96. The van der Waals surface area contributed by atoms with Crippen molar-refractivity contribution in [1.82, 2.24) is 5.32 Å². The second-order valence-electron chi connectivity index (χ2n) is 5.11. The van der Waals surface area contributed by atoms with Crippen molar-refractivity contribution in [3.05, 3.63) is 68.2 Å². The normalized spacial score (nSPS) is 10.1. The summed E-state index contributed by atoms with van der Waals surface area (Å²) in [6.45, 7) is 1.46. The zero-order valence-corrected chi connectivity index (χ0v) is 14.9. The number of rotatable bonds is 4. The van der Waals surface area contributed by atoms with Gasteiger partial charge in [0, 0.05) is 22.9 Å². The van der Waals surface area contributed by atoms with Crippen molar-refractivity contribution in [3.63, 3.8) is 0 Å². The summed E-state index contributed by atoms with van der Waals surface area (Å²) in [5, 5.41) is 25.0. The van der Waals surface area contributed by atoms with E-state index < -0.39 is 16.8 Å². The Kier molecular flexibility index (Phi) is 5.86. The monoisotopic (exact) mass is 393 g/mol. The number of carbonyl (C=O) groups excluding carboxylic acids is 1. The summed E-state index contributed by atoms with van der Waals surface area (Å²) in [4.78, 5) is 33.7. The van der Waals surface area contributed by atoms with Gasteiger partial charge in [-0.3, -0.25) is 20.2 Å². The number of carboxylic acids is 1. The maximum absolute atomic E-state index is 12.3. The van der Waals surface area contributed by atoms with Crippen LogP contribution in [-0.4, -0.2) is 27.0 Å². The highest BCUT2D eigenvalue weighted by Gasteiger charge is 2.18. The molecule has 0 aliphatic carbocycles. The van der Waals surface area contributed by atoms with E-state index in [9.17, 15) is 19.7 Å². The molecule has 0 aliphatic heterocycles. The minimum atomic E-state index is -1.21. The second-order valence-corrected chi connectivity index (χ2v) is 5.93. The first kappa shape index (κ1) is 19.3. The Hall–Kier alpha value is -3.04. The van der Waals surface area contributed by atoms with Crippen molar-refractivity contribution in [2.75, 3.05) is 5.32 Å². The van der Waals surface area contributed by atoms with Crippen molar-refractivity contribution >= 4 is 52.2 Å². The predicted octanol–water partition coefficient (Wildman–Crippen LogP) is 3.38. The van der Waals surface area contributed by atoms with Gasteiger partial charge in [0.1, 0.15) is 0 Å². The van der Waals surface area contributed by atoms with Gasteiger partial charge in [-0.25, -0.2) is 4.79 Å². The molecular formula is C16H12ClN3O5S. The average molecular weight is 394 g/mol.